The number of esters is 1. The average Bonchev–Trinajstić information content (AvgIpc) is 2.69. The molecule has 0 rings (SSSR count). The molecule has 0 aromatic carbocycles. The zero-order chi connectivity index (χ0) is 22.1. The fourth-order valence-corrected chi connectivity index (χ4v) is 4.45. The van der Waals surface area contributed by atoms with Crippen LogP contribution in [0.25, 0.3) is 0 Å². The molecule has 29 heavy (non-hydrogen) atoms. The highest BCUT2D eigenvalue weighted by Gasteiger charge is 2.19. The molecule has 0 spiro atoms. The zero-order valence-electron chi connectivity index (χ0n) is 18.0. The lowest BCUT2D eigenvalue weighted by Crippen LogP contribution is -2.18. The minimum absolute atomic E-state index is 0.0883. The molecule has 0 amide bonds. The third-order valence-corrected chi connectivity index (χ3v) is 7.52. The van der Waals surface area contributed by atoms with E-state index in [4.69, 9.17) is 62.7 Å². The first kappa shape index (κ1) is 29.9. The minimum atomic E-state index is -0.164. The predicted octanol–water partition coefficient (Wildman–Crippen LogP) is 8.68. The molecule has 7 heteroatoms. The van der Waals surface area contributed by atoms with E-state index in [9.17, 15) is 4.79 Å². The summed E-state index contributed by atoms with van der Waals surface area (Å²) >= 11 is 31.7. The Bertz CT molecular complexity index is 397. The van der Waals surface area contributed by atoms with Crippen LogP contribution >= 0.6 is 58.0 Å². The Balaban J connectivity index is 3.80. The molecule has 0 aliphatic carbocycles. The summed E-state index contributed by atoms with van der Waals surface area (Å²) in [5.41, 5.74) is 0. The molecular formula is C22H39Cl5O2. The molecule has 0 heterocycles. The fraction of sp³-hybridized carbons (Fsp3) is 0.955. The third-order valence-electron chi connectivity index (χ3n) is 5.02. The molecule has 0 saturated heterocycles. The lowest BCUT2D eigenvalue weighted by atomic mass is 10.0. The summed E-state index contributed by atoms with van der Waals surface area (Å²) in [6.45, 7) is 4.73. The number of carbonyl (C=O) groups is 1. The normalized spacial score (nSPS) is 16.8. The second-order valence-electron chi connectivity index (χ2n) is 7.80. The van der Waals surface area contributed by atoms with Crippen molar-refractivity contribution in [2.24, 2.45) is 0 Å². The summed E-state index contributed by atoms with van der Waals surface area (Å²) in [6, 6.07) is 0. The van der Waals surface area contributed by atoms with Crippen LogP contribution in [0.5, 0.6) is 0 Å². The second-order valence-corrected chi connectivity index (χ2v) is 10.8. The number of hydrogen-bond acceptors (Lipinski definition) is 2. The van der Waals surface area contributed by atoms with Gasteiger partial charge in [0, 0.05) is 33.3 Å². The van der Waals surface area contributed by atoms with Gasteiger partial charge in [0.25, 0.3) is 0 Å². The van der Waals surface area contributed by atoms with E-state index in [1.807, 2.05) is 0 Å². The maximum atomic E-state index is 11.7. The summed E-state index contributed by atoms with van der Waals surface area (Å²) in [7, 11) is 0. The Kier molecular flexibility index (Phi) is 20.2. The number of carbonyl (C=O) groups excluding carboxylic acids is 1. The largest absolute Gasteiger partial charge is 0.466 e. The lowest BCUT2D eigenvalue weighted by molar-refractivity contribution is -0.143. The third kappa shape index (κ3) is 18.2. The summed E-state index contributed by atoms with van der Waals surface area (Å²) < 4.78 is 5.23. The molecule has 5 atom stereocenters. The van der Waals surface area contributed by atoms with Crippen LogP contribution in [-0.2, 0) is 9.53 Å². The standard InChI is InChI=1S/C22H39Cl5O2/c1-3-5-6-7-15-29-22(28)14-12-18(24)11-13-21(27)20(26)10-8-9-19(25)16-17(23)4-2/h17-21H,3-16H2,1-2H3. The first-order valence-electron chi connectivity index (χ1n) is 11.2. The maximum Gasteiger partial charge on any atom is 0.305 e. The van der Waals surface area contributed by atoms with E-state index < -0.39 is 0 Å². The highest BCUT2D eigenvalue weighted by atomic mass is 35.5. The molecule has 0 saturated carbocycles. The molecule has 0 radical (unpaired) electrons. The minimum Gasteiger partial charge on any atom is -0.466 e. The number of halogens is 5. The number of ether oxygens (including phenoxy) is 1. The van der Waals surface area contributed by atoms with Gasteiger partial charge in [0.05, 0.1) is 6.61 Å². The molecule has 0 aromatic rings. The van der Waals surface area contributed by atoms with Crippen LogP contribution in [0, 0.1) is 0 Å². The fourth-order valence-electron chi connectivity index (χ4n) is 3.00. The van der Waals surface area contributed by atoms with Gasteiger partial charge in [-0.2, -0.15) is 0 Å². The van der Waals surface area contributed by atoms with Crippen LogP contribution in [-0.4, -0.2) is 39.5 Å². The van der Waals surface area contributed by atoms with Gasteiger partial charge in [0.15, 0.2) is 0 Å². The lowest BCUT2D eigenvalue weighted by Gasteiger charge is -2.18. The van der Waals surface area contributed by atoms with Gasteiger partial charge in [-0.05, 0) is 51.4 Å². The van der Waals surface area contributed by atoms with Gasteiger partial charge in [-0.1, -0.05) is 39.5 Å². The number of rotatable bonds is 19. The van der Waals surface area contributed by atoms with Gasteiger partial charge in [-0.25, -0.2) is 0 Å². The van der Waals surface area contributed by atoms with Crippen LogP contribution in [0.3, 0.4) is 0 Å². The van der Waals surface area contributed by atoms with E-state index >= 15 is 0 Å². The SMILES string of the molecule is CCCCCCOC(=O)CCC(Cl)CCC(Cl)C(Cl)CCCC(Cl)CC(Cl)CC. The summed E-state index contributed by atoms with van der Waals surface area (Å²) in [6.07, 6.45) is 11.3. The molecule has 174 valence electrons. The highest BCUT2D eigenvalue weighted by molar-refractivity contribution is 6.30. The van der Waals surface area contributed by atoms with Crippen LogP contribution in [0.1, 0.15) is 97.3 Å². The summed E-state index contributed by atoms with van der Waals surface area (Å²) in [4.78, 5) is 11.7. The van der Waals surface area contributed by atoms with Crippen molar-refractivity contribution < 1.29 is 9.53 Å². The topological polar surface area (TPSA) is 26.3 Å². The van der Waals surface area contributed by atoms with Crippen molar-refractivity contribution in [3.05, 3.63) is 0 Å². The van der Waals surface area contributed by atoms with Crippen LogP contribution in [0.2, 0.25) is 0 Å². The van der Waals surface area contributed by atoms with Gasteiger partial charge >= 0.3 is 5.97 Å². The number of alkyl halides is 5. The van der Waals surface area contributed by atoms with Crippen LogP contribution < -0.4 is 0 Å². The Morgan fingerprint density at radius 2 is 1.41 bits per heavy atom. The Morgan fingerprint density at radius 1 is 0.724 bits per heavy atom. The first-order valence-corrected chi connectivity index (χ1v) is 13.3. The molecular weight excluding hydrogens is 474 g/mol. The highest BCUT2D eigenvalue weighted by Crippen LogP contribution is 2.26. The average molecular weight is 513 g/mol. The van der Waals surface area contributed by atoms with Crippen molar-refractivity contribution in [1.29, 1.82) is 0 Å². The molecule has 0 aliphatic heterocycles. The molecule has 2 nitrogen and oxygen atoms in total. The van der Waals surface area contributed by atoms with Crippen LogP contribution in [0.4, 0.5) is 0 Å². The zero-order valence-corrected chi connectivity index (χ0v) is 21.8. The van der Waals surface area contributed by atoms with E-state index in [1.54, 1.807) is 0 Å². The molecule has 0 fully saturated rings. The number of unbranched alkanes of at least 4 members (excludes halogenated alkanes) is 3. The summed E-state index contributed by atoms with van der Waals surface area (Å²) in [5, 5.41) is -0.0865. The molecule has 0 aromatic heterocycles. The van der Waals surface area contributed by atoms with Crippen molar-refractivity contribution in [1.82, 2.24) is 0 Å². The van der Waals surface area contributed by atoms with Crippen molar-refractivity contribution in [3.63, 3.8) is 0 Å². The van der Waals surface area contributed by atoms with Gasteiger partial charge in [0.2, 0.25) is 0 Å². The second kappa shape index (κ2) is 19.6. The Hall–Kier alpha value is 0.920. The quantitative estimate of drug-likeness (QED) is 0.0983. The van der Waals surface area contributed by atoms with Gasteiger partial charge < -0.3 is 4.74 Å². The van der Waals surface area contributed by atoms with E-state index in [1.165, 1.54) is 12.8 Å². The van der Waals surface area contributed by atoms with E-state index in [2.05, 4.69) is 13.8 Å². The van der Waals surface area contributed by atoms with Crippen LogP contribution in [0.15, 0.2) is 0 Å². The maximum absolute atomic E-state index is 11.7. The van der Waals surface area contributed by atoms with Gasteiger partial charge in [-0.15, -0.1) is 58.0 Å². The van der Waals surface area contributed by atoms with E-state index in [-0.39, 0.29) is 32.9 Å². The van der Waals surface area contributed by atoms with Crippen molar-refractivity contribution in [3.8, 4) is 0 Å². The molecule has 0 bridgehead atoms. The van der Waals surface area contributed by atoms with E-state index in [0.29, 0.717) is 19.4 Å². The molecule has 0 N–H and O–H groups in total. The monoisotopic (exact) mass is 510 g/mol. The molecule has 5 unspecified atom stereocenters. The van der Waals surface area contributed by atoms with Gasteiger partial charge in [-0.3, -0.25) is 4.79 Å². The predicted molar refractivity (Wildman–Crippen MR) is 131 cm³/mol. The van der Waals surface area contributed by atoms with E-state index in [0.717, 1.165) is 57.8 Å². The van der Waals surface area contributed by atoms with Crippen molar-refractivity contribution >= 4 is 64.0 Å². The number of hydrogen-bond donors (Lipinski definition) is 0. The smallest absolute Gasteiger partial charge is 0.305 e. The van der Waals surface area contributed by atoms with Crippen molar-refractivity contribution in [2.75, 3.05) is 6.61 Å². The van der Waals surface area contributed by atoms with Gasteiger partial charge in [0.1, 0.15) is 0 Å². The molecule has 0 aliphatic rings. The Morgan fingerprint density at radius 3 is 2.07 bits per heavy atom. The first-order chi connectivity index (χ1) is 13.8. The Labute approximate surface area is 203 Å². The summed E-state index contributed by atoms with van der Waals surface area (Å²) in [5.74, 6) is -0.164. The van der Waals surface area contributed by atoms with Crippen molar-refractivity contribution in [2.45, 2.75) is 124 Å².